The van der Waals surface area contributed by atoms with E-state index < -0.39 is 11.5 Å². The normalized spacial score (nSPS) is 10.7. The van der Waals surface area contributed by atoms with Crippen molar-refractivity contribution in [2.45, 2.75) is 6.92 Å². The van der Waals surface area contributed by atoms with E-state index in [-0.39, 0.29) is 29.3 Å². The zero-order chi connectivity index (χ0) is 16.4. The third-order valence-electron chi connectivity index (χ3n) is 3.38. The fraction of sp³-hybridized carbons (Fsp3) is 0.118. The number of carbonyl (C=O) groups excluding carboxylic acids is 1. The number of ether oxygens (including phenoxy) is 1. The molecule has 2 heterocycles. The first kappa shape index (κ1) is 14.8. The molecule has 0 atom stereocenters. The van der Waals surface area contributed by atoms with E-state index in [4.69, 9.17) is 4.74 Å². The molecule has 0 fully saturated rings. The number of rotatable bonds is 3. The Morgan fingerprint density at radius 2 is 1.96 bits per heavy atom. The van der Waals surface area contributed by atoms with Crippen molar-refractivity contribution in [1.29, 1.82) is 0 Å². The predicted octanol–water partition coefficient (Wildman–Crippen LogP) is 2.24. The number of hydrogen-bond donors (Lipinski definition) is 1. The first-order valence-corrected chi connectivity index (χ1v) is 7.09. The number of nitrogens with zero attached hydrogens (tertiary/aromatic N) is 2. The number of pyridine rings is 1. The van der Waals surface area contributed by atoms with Crippen LogP contribution in [0, 0.1) is 0 Å². The van der Waals surface area contributed by atoms with Crippen LogP contribution < -0.4 is 5.56 Å². The van der Waals surface area contributed by atoms with Crippen molar-refractivity contribution in [1.82, 2.24) is 9.38 Å². The molecule has 1 aromatic carbocycles. The second kappa shape index (κ2) is 5.92. The molecule has 3 aromatic rings. The molecule has 3 rings (SSSR count). The summed E-state index contributed by atoms with van der Waals surface area (Å²) >= 11 is 0. The van der Waals surface area contributed by atoms with Gasteiger partial charge >= 0.3 is 5.97 Å². The van der Waals surface area contributed by atoms with Crippen LogP contribution in [-0.4, -0.2) is 27.1 Å². The van der Waals surface area contributed by atoms with E-state index in [1.165, 1.54) is 22.7 Å². The first-order valence-electron chi connectivity index (χ1n) is 7.09. The van der Waals surface area contributed by atoms with E-state index in [1.807, 2.05) is 6.07 Å². The number of aromatic hydroxyl groups is 1. The van der Waals surface area contributed by atoms with Gasteiger partial charge in [0.1, 0.15) is 11.2 Å². The van der Waals surface area contributed by atoms with Gasteiger partial charge in [0.05, 0.1) is 12.2 Å². The molecule has 0 spiro atoms. The average Bonchev–Trinajstić information content (AvgIpc) is 2.56. The summed E-state index contributed by atoms with van der Waals surface area (Å²) in [5.41, 5.74) is 0.681. The van der Waals surface area contributed by atoms with Gasteiger partial charge in [-0.2, -0.15) is 4.98 Å². The third-order valence-corrected chi connectivity index (χ3v) is 3.38. The van der Waals surface area contributed by atoms with Crippen LogP contribution in [0.15, 0.2) is 53.5 Å². The maximum Gasteiger partial charge on any atom is 0.339 e. The van der Waals surface area contributed by atoms with Gasteiger partial charge < -0.3 is 9.84 Å². The highest BCUT2D eigenvalue weighted by Crippen LogP contribution is 2.23. The largest absolute Gasteiger partial charge is 0.493 e. The minimum atomic E-state index is -0.518. The smallest absolute Gasteiger partial charge is 0.339 e. The van der Waals surface area contributed by atoms with Gasteiger partial charge in [-0.3, -0.25) is 9.20 Å². The molecule has 0 aliphatic heterocycles. The number of esters is 1. The quantitative estimate of drug-likeness (QED) is 0.750. The lowest BCUT2D eigenvalue weighted by Crippen LogP contribution is -2.18. The van der Waals surface area contributed by atoms with Crippen LogP contribution in [0.4, 0.5) is 0 Å². The van der Waals surface area contributed by atoms with Crippen molar-refractivity contribution in [3.05, 3.63) is 64.6 Å². The molecule has 0 saturated carbocycles. The van der Waals surface area contributed by atoms with E-state index >= 15 is 0 Å². The number of hydrogen-bond acceptors (Lipinski definition) is 5. The Labute approximate surface area is 131 Å². The fourth-order valence-electron chi connectivity index (χ4n) is 2.32. The molecule has 0 aliphatic rings. The van der Waals surface area contributed by atoms with Gasteiger partial charge in [0, 0.05) is 6.20 Å². The summed E-state index contributed by atoms with van der Waals surface area (Å²) in [5.74, 6) is -0.860. The van der Waals surface area contributed by atoms with Gasteiger partial charge in [0.25, 0.3) is 5.56 Å². The van der Waals surface area contributed by atoms with Gasteiger partial charge in [-0.15, -0.1) is 0 Å². The summed E-state index contributed by atoms with van der Waals surface area (Å²) in [4.78, 5) is 28.5. The Morgan fingerprint density at radius 3 is 2.65 bits per heavy atom. The van der Waals surface area contributed by atoms with Crippen LogP contribution in [0.5, 0.6) is 5.88 Å². The van der Waals surface area contributed by atoms with Crippen LogP contribution in [0.3, 0.4) is 0 Å². The minimum absolute atomic E-state index is 0.0871. The predicted molar refractivity (Wildman–Crippen MR) is 84.5 cm³/mol. The van der Waals surface area contributed by atoms with Crippen molar-refractivity contribution < 1.29 is 14.6 Å². The molecule has 116 valence electrons. The lowest BCUT2D eigenvalue weighted by Gasteiger charge is -2.08. The maximum absolute atomic E-state index is 12.7. The Bertz CT molecular complexity index is 932. The summed E-state index contributed by atoms with van der Waals surface area (Å²) < 4.78 is 6.16. The SMILES string of the molecule is CCOC(=O)c1ccc2nc(O)c(-c3ccccc3)c(=O)n2c1. The summed E-state index contributed by atoms with van der Waals surface area (Å²) in [7, 11) is 0. The molecular weight excluding hydrogens is 296 g/mol. The summed E-state index contributed by atoms with van der Waals surface area (Å²) in [6.07, 6.45) is 1.37. The van der Waals surface area contributed by atoms with Crippen LogP contribution in [0.1, 0.15) is 17.3 Å². The molecule has 1 N–H and O–H groups in total. The average molecular weight is 310 g/mol. The van der Waals surface area contributed by atoms with Crippen LogP contribution in [0.25, 0.3) is 16.8 Å². The fourth-order valence-corrected chi connectivity index (χ4v) is 2.32. The van der Waals surface area contributed by atoms with E-state index in [0.717, 1.165) is 0 Å². The Hall–Kier alpha value is -3.15. The lowest BCUT2D eigenvalue weighted by molar-refractivity contribution is 0.0525. The molecule has 0 radical (unpaired) electrons. The monoisotopic (exact) mass is 310 g/mol. The molecule has 0 unspecified atom stereocenters. The highest BCUT2D eigenvalue weighted by Gasteiger charge is 2.15. The van der Waals surface area contributed by atoms with Gasteiger partial charge in [-0.25, -0.2) is 4.79 Å². The zero-order valence-electron chi connectivity index (χ0n) is 12.4. The molecule has 0 amide bonds. The van der Waals surface area contributed by atoms with E-state index in [0.29, 0.717) is 5.56 Å². The molecule has 6 heteroatoms. The Balaban J connectivity index is 2.24. The molecule has 0 bridgehead atoms. The minimum Gasteiger partial charge on any atom is -0.493 e. The van der Waals surface area contributed by atoms with Gasteiger partial charge in [0.2, 0.25) is 5.88 Å². The second-order valence-corrected chi connectivity index (χ2v) is 4.85. The highest BCUT2D eigenvalue weighted by molar-refractivity contribution is 5.89. The third kappa shape index (κ3) is 2.66. The van der Waals surface area contributed by atoms with Crippen molar-refractivity contribution in [3.8, 4) is 17.0 Å². The van der Waals surface area contributed by atoms with Crippen molar-refractivity contribution in [2.75, 3.05) is 6.61 Å². The molecule has 0 aliphatic carbocycles. The molecule has 6 nitrogen and oxygen atoms in total. The van der Waals surface area contributed by atoms with Crippen LogP contribution in [0.2, 0.25) is 0 Å². The topological polar surface area (TPSA) is 80.9 Å². The summed E-state index contributed by atoms with van der Waals surface area (Å²) in [6, 6.07) is 11.7. The van der Waals surface area contributed by atoms with Crippen molar-refractivity contribution in [2.24, 2.45) is 0 Å². The van der Waals surface area contributed by atoms with Gasteiger partial charge in [0.15, 0.2) is 0 Å². The van der Waals surface area contributed by atoms with E-state index in [2.05, 4.69) is 4.98 Å². The van der Waals surface area contributed by atoms with E-state index in [9.17, 15) is 14.7 Å². The van der Waals surface area contributed by atoms with Gasteiger partial charge in [-0.1, -0.05) is 30.3 Å². The number of aromatic nitrogens is 2. The molecule has 0 saturated heterocycles. The Morgan fingerprint density at radius 1 is 1.22 bits per heavy atom. The van der Waals surface area contributed by atoms with E-state index in [1.54, 1.807) is 31.2 Å². The second-order valence-electron chi connectivity index (χ2n) is 4.85. The summed E-state index contributed by atoms with van der Waals surface area (Å²) in [5, 5.41) is 10.1. The molecule has 23 heavy (non-hydrogen) atoms. The van der Waals surface area contributed by atoms with Crippen LogP contribution >= 0.6 is 0 Å². The number of fused-ring (bicyclic) bond motifs is 1. The molecule has 2 aromatic heterocycles. The highest BCUT2D eigenvalue weighted by atomic mass is 16.5. The molecular formula is C17H14N2O4. The lowest BCUT2D eigenvalue weighted by atomic mass is 10.1. The van der Waals surface area contributed by atoms with Gasteiger partial charge in [-0.05, 0) is 24.6 Å². The van der Waals surface area contributed by atoms with Crippen molar-refractivity contribution in [3.63, 3.8) is 0 Å². The number of benzene rings is 1. The van der Waals surface area contributed by atoms with Crippen LogP contribution in [-0.2, 0) is 4.74 Å². The standard InChI is InChI=1S/C17H14N2O4/c1-2-23-17(22)12-8-9-13-18-15(20)14(16(21)19(13)10-12)11-6-4-3-5-7-11/h3-10,20H,2H2,1H3. The maximum atomic E-state index is 12.7. The zero-order valence-corrected chi connectivity index (χ0v) is 12.4. The Kier molecular flexibility index (Phi) is 3.80. The first-order chi connectivity index (χ1) is 11.1. The number of carbonyl (C=O) groups is 1. The summed E-state index contributed by atoms with van der Waals surface area (Å²) in [6.45, 7) is 1.95. The van der Waals surface area contributed by atoms with Crippen molar-refractivity contribution >= 4 is 11.6 Å².